The number of hydrogen-bond donors (Lipinski definition) is 4. The largest absolute Gasteiger partial charge is 0.478 e. The monoisotopic (exact) mass is 628 g/mol. The second-order valence-electron chi connectivity index (χ2n) is 12.0. The van der Waals surface area contributed by atoms with Gasteiger partial charge in [0, 0.05) is 34.9 Å². The van der Waals surface area contributed by atoms with E-state index in [4.69, 9.17) is 0 Å². The molecule has 48 heavy (non-hydrogen) atoms. The lowest BCUT2D eigenvalue weighted by molar-refractivity contribution is -0.120. The number of benzene rings is 4. The Morgan fingerprint density at radius 3 is 1.35 bits per heavy atom. The molecule has 0 saturated heterocycles. The number of nitrogens with one attached hydrogen (secondary N) is 2. The highest BCUT2D eigenvalue weighted by Gasteiger charge is 2.43. The smallest absolute Gasteiger partial charge is 0.336 e. The molecule has 0 spiro atoms. The molecule has 2 unspecified atom stereocenters. The van der Waals surface area contributed by atoms with E-state index in [1.54, 1.807) is 24.5 Å². The summed E-state index contributed by atoms with van der Waals surface area (Å²) in [5, 5.41) is 27.0. The van der Waals surface area contributed by atoms with E-state index in [1.165, 1.54) is 0 Å². The van der Waals surface area contributed by atoms with Gasteiger partial charge < -0.3 is 20.8 Å². The summed E-state index contributed by atoms with van der Waals surface area (Å²) in [6.07, 6.45) is 18.1. The molecule has 0 bridgehead atoms. The topological polar surface area (TPSA) is 116 Å². The quantitative estimate of drug-likeness (QED) is 0.174. The van der Waals surface area contributed by atoms with Gasteiger partial charge in [-0.1, -0.05) is 72.8 Å². The molecule has 7 nitrogen and oxygen atoms in total. The number of carbonyl (C=O) groups excluding carboxylic acids is 1. The summed E-state index contributed by atoms with van der Waals surface area (Å²) in [6, 6.07) is 22.4. The number of carboxylic acid groups (broad SMARTS) is 2. The average molecular weight is 629 g/mol. The van der Waals surface area contributed by atoms with E-state index in [-0.39, 0.29) is 16.9 Å². The predicted molar refractivity (Wildman–Crippen MR) is 185 cm³/mol. The van der Waals surface area contributed by atoms with Crippen molar-refractivity contribution in [3.05, 3.63) is 178 Å². The van der Waals surface area contributed by atoms with Crippen molar-refractivity contribution in [2.45, 2.75) is 11.8 Å². The standard InChI is InChI=1S/C41H28N2O5/c44-39(37-25-13-7-5-11-23(25)27-19-33(40(45)46)29(21-31(27)37)35-15-3-1-9-17-42-35)38-26-14-8-6-12-24(26)28-20-34(41(47)48)30(22-32(28)38)36-16-4-2-10-18-43-36/h1-22,37-38,42-43H,(H,45,46)(H,47,48). The number of ketones is 1. The number of rotatable bonds is 6. The van der Waals surface area contributed by atoms with Crippen LogP contribution in [0.25, 0.3) is 33.6 Å². The van der Waals surface area contributed by atoms with Crippen LogP contribution < -0.4 is 10.6 Å². The fourth-order valence-corrected chi connectivity index (χ4v) is 7.33. The van der Waals surface area contributed by atoms with Crippen LogP contribution in [0.4, 0.5) is 0 Å². The van der Waals surface area contributed by atoms with Crippen molar-refractivity contribution >= 4 is 29.1 Å². The maximum Gasteiger partial charge on any atom is 0.336 e. The van der Waals surface area contributed by atoms with Gasteiger partial charge in [-0.3, -0.25) is 4.79 Å². The van der Waals surface area contributed by atoms with Crippen LogP contribution in [-0.4, -0.2) is 27.9 Å². The van der Waals surface area contributed by atoms with Gasteiger partial charge in [-0.25, -0.2) is 9.59 Å². The molecule has 0 saturated carbocycles. The van der Waals surface area contributed by atoms with Gasteiger partial charge in [-0.05, 0) is 93.1 Å². The maximum atomic E-state index is 15.3. The van der Waals surface area contributed by atoms with Crippen LogP contribution in [0.1, 0.15) is 65.9 Å². The van der Waals surface area contributed by atoms with Crippen molar-refractivity contribution in [3.63, 3.8) is 0 Å². The molecule has 4 aromatic carbocycles. The molecule has 4 aliphatic rings. The molecule has 232 valence electrons. The second kappa shape index (κ2) is 11.4. The Morgan fingerprint density at radius 1 is 0.479 bits per heavy atom. The van der Waals surface area contributed by atoms with Crippen LogP contribution >= 0.6 is 0 Å². The van der Waals surface area contributed by atoms with Crippen molar-refractivity contribution in [3.8, 4) is 22.3 Å². The first-order valence-electron chi connectivity index (χ1n) is 15.6. The molecular weight excluding hydrogens is 600 g/mol. The van der Waals surface area contributed by atoms with Crippen LogP contribution in [0, 0.1) is 0 Å². The predicted octanol–water partition coefficient (Wildman–Crippen LogP) is 7.60. The molecule has 2 aliphatic carbocycles. The van der Waals surface area contributed by atoms with E-state index in [0.717, 1.165) is 33.4 Å². The third kappa shape index (κ3) is 4.55. The Labute approximate surface area is 276 Å². The van der Waals surface area contributed by atoms with Crippen LogP contribution in [0.2, 0.25) is 0 Å². The van der Waals surface area contributed by atoms with Crippen molar-refractivity contribution in [1.29, 1.82) is 0 Å². The molecule has 4 N–H and O–H groups in total. The summed E-state index contributed by atoms with van der Waals surface area (Å²) in [5.74, 6) is -3.58. The van der Waals surface area contributed by atoms with Crippen LogP contribution in [0.3, 0.4) is 0 Å². The van der Waals surface area contributed by atoms with Gasteiger partial charge in [0.15, 0.2) is 5.78 Å². The van der Waals surface area contributed by atoms with Crippen LogP contribution in [-0.2, 0) is 4.79 Å². The molecule has 0 amide bonds. The molecule has 2 atom stereocenters. The molecule has 0 radical (unpaired) electrons. The van der Waals surface area contributed by atoms with Gasteiger partial charge in [0.1, 0.15) is 0 Å². The molecular formula is C41H28N2O5. The second-order valence-corrected chi connectivity index (χ2v) is 12.0. The number of Topliss-reactive ketones (excluding diaryl/α,β-unsaturated/α-hetero) is 1. The summed E-state index contributed by atoms with van der Waals surface area (Å²) in [7, 11) is 0. The molecule has 4 aromatic rings. The third-order valence-corrected chi connectivity index (χ3v) is 9.38. The zero-order valence-electron chi connectivity index (χ0n) is 25.5. The number of fused-ring (bicyclic) bond motifs is 6. The third-order valence-electron chi connectivity index (χ3n) is 9.38. The summed E-state index contributed by atoms with van der Waals surface area (Å²) in [4.78, 5) is 40.5. The van der Waals surface area contributed by atoms with E-state index >= 15 is 4.79 Å². The fourth-order valence-electron chi connectivity index (χ4n) is 7.33. The Morgan fingerprint density at radius 2 is 0.917 bits per heavy atom. The lowest BCUT2D eigenvalue weighted by Crippen LogP contribution is -2.21. The van der Waals surface area contributed by atoms with E-state index in [0.29, 0.717) is 33.6 Å². The average Bonchev–Trinajstić information content (AvgIpc) is 3.29. The molecule has 2 aliphatic heterocycles. The Kier molecular flexibility index (Phi) is 6.88. The number of hydrogen-bond acceptors (Lipinski definition) is 5. The van der Waals surface area contributed by atoms with Crippen LogP contribution in [0.5, 0.6) is 0 Å². The van der Waals surface area contributed by atoms with E-state index in [2.05, 4.69) is 10.6 Å². The highest BCUT2D eigenvalue weighted by molar-refractivity contribution is 6.08. The summed E-state index contributed by atoms with van der Waals surface area (Å²) in [5.41, 5.74) is 8.61. The van der Waals surface area contributed by atoms with E-state index < -0.39 is 23.8 Å². The normalized spacial score (nSPS) is 17.8. The Bertz CT molecular complexity index is 2120. The molecule has 2 heterocycles. The lowest BCUT2D eigenvalue weighted by atomic mass is 9.80. The van der Waals surface area contributed by atoms with Gasteiger partial charge in [-0.2, -0.15) is 0 Å². The fraction of sp³-hybridized carbons (Fsp3) is 0.0488. The molecule has 7 heteroatoms. The number of aromatic carboxylic acids is 2. The van der Waals surface area contributed by atoms with Gasteiger partial charge in [0.2, 0.25) is 0 Å². The van der Waals surface area contributed by atoms with Gasteiger partial charge in [0.05, 0.1) is 23.0 Å². The highest BCUT2D eigenvalue weighted by atomic mass is 16.4. The first-order valence-corrected chi connectivity index (χ1v) is 15.6. The zero-order chi connectivity index (χ0) is 32.9. The first-order chi connectivity index (χ1) is 23.4. The highest BCUT2D eigenvalue weighted by Crippen LogP contribution is 2.53. The molecule has 0 fully saturated rings. The van der Waals surface area contributed by atoms with E-state index in [9.17, 15) is 19.8 Å². The van der Waals surface area contributed by atoms with Crippen LogP contribution in [0.15, 0.2) is 134 Å². The Hall–Kier alpha value is -6.47. The summed E-state index contributed by atoms with van der Waals surface area (Å²) < 4.78 is 0. The van der Waals surface area contributed by atoms with Crippen molar-refractivity contribution < 1.29 is 24.6 Å². The summed E-state index contributed by atoms with van der Waals surface area (Å²) >= 11 is 0. The maximum absolute atomic E-state index is 15.3. The zero-order valence-corrected chi connectivity index (χ0v) is 25.5. The number of carbonyl (C=O) groups is 3. The minimum atomic E-state index is -1.06. The van der Waals surface area contributed by atoms with Gasteiger partial charge in [0.25, 0.3) is 0 Å². The Balaban J connectivity index is 1.34. The van der Waals surface area contributed by atoms with Crippen molar-refractivity contribution in [2.75, 3.05) is 0 Å². The molecule has 0 aromatic heterocycles. The van der Waals surface area contributed by atoms with Gasteiger partial charge in [-0.15, -0.1) is 0 Å². The number of carboxylic acids is 2. The first kappa shape index (κ1) is 29.0. The number of allylic oxidation sites excluding steroid dienone is 8. The lowest BCUT2D eigenvalue weighted by Gasteiger charge is -2.22. The minimum absolute atomic E-state index is 0.0688. The minimum Gasteiger partial charge on any atom is -0.478 e. The van der Waals surface area contributed by atoms with Crippen molar-refractivity contribution in [2.24, 2.45) is 0 Å². The molecule has 8 rings (SSSR count). The van der Waals surface area contributed by atoms with Crippen molar-refractivity contribution in [1.82, 2.24) is 10.6 Å². The van der Waals surface area contributed by atoms with Gasteiger partial charge >= 0.3 is 11.9 Å². The van der Waals surface area contributed by atoms with E-state index in [1.807, 2.05) is 109 Å². The SMILES string of the molecule is O=C(O)c1cc2c(cc1C1=CC=CC=CN1)C(C(=O)C1c3ccccc3-c3cc(C(=O)O)c(C4=CC=CC=CN4)cc31)c1ccccc1-2. The summed E-state index contributed by atoms with van der Waals surface area (Å²) in [6.45, 7) is 0.